The molecule has 3 N–H and O–H groups in total. The predicted molar refractivity (Wildman–Crippen MR) is 91.5 cm³/mol. The van der Waals surface area contributed by atoms with E-state index in [9.17, 15) is 14.7 Å². The second kappa shape index (κ2) is 14.2. The first-order valence-electron chi connectivity index (χ1n) is 9.12. The molecule has 0 amide bonds. The summed E-state index contributed by atoms with van der Waals surface area (Å²) in [4.78, 5) is 23.3. The van der Waals surface area contributed by atoms with E-state index in [1.54, 1.807) is 0 Å². The lowest BCUT2D eigenvalue weighted by Crippen LogP contribution is -2.34. The zero-order chi connectivity index (χ0) is 18.4. The van der Waals surface area contributed by atoms with E-state index in [2.05, 4.69) is 13.8 Å². The summed E-state index contributed by atoms with van der Waals surface area (Å²) in [6, 6.07) is 0. The van der Waals surface area contributed by atoms with Crippen molar-refractivity contribution >= 4 is 11.9 Å². The molecule has 1 fully saturated rings. The molecule has 1 rings (SSSR count). The maximum Gasteiger partial charge on any atom is 0.309 e. The normalized spacial score (nSPS) is 21.3. The molecule has 1 aliphatic rings. The number of esters is 1. The van der Waals surface area contributed by atoms with Gasteiger partial charge in [0.2, 0.25) is 0 Å². The van der Waals surface area contributed by atoms with E-state index in [-0.39, 0.29) is 19.2 Å². The van der Waals surface area contributed by atoms with Gasteiger partial charge in [-0.05, 0) is 25.2 Å². The highest BCUT2D eigenvalue weighted by Crippen LogP contribution is 2.31. The van der Waals surface area contributed by atoms with Crippen molar-refractivity contribution in [3.8, 4) is 0 Å². The van der Waals surface area contributed by atoms with Gasteiger partial charge in [0.1, 0.15) is 0 Å². The van der Waals surface area contributed by atoms with Crippen LogP contribution in [0, 0.1) is 17.8 Å². The van der Waals surface area contributed by atoms with E-state index in [4.69, 9.17) is 14.9 Å². The number of ether oxygens (including phenoxy) is 1. The van der Waals surface area contributed by atoms with Gasteiger partial charge < -0.3 is 20.1 Å². The molecular formula is C18H34O6. The molecule has 6 nitrogen and oxygen atoms in total. The van der Waals surface area contributed by atoms with Gasteiger partial charge >= 0.3 is 11.9 Å². The maximum atomic E-state index is 12.1. The first-order valence-corrected chi connectivity index (χ1v) is 9.12. The highest BCUT2D eigenvalue weighted by molar-refractivity contribution is 5.81. The highest BCUT2D eigenvalue weighted by Gasteiger charge is 2.36. The fourth-order valence-corrected chi connectivity index (χ4v) is 2.91. The monoisotopic (exact) mass is 346 g/mol. The third-order valence-electron chi connectivity index (χ3n) is 4.49. The third-order valence-corrected chi connectivity index (χ3v) is 4.49. The van der Waals surface area contributed by atoms with E-state index in [0.717, 1.165) is 38.5 Å². The molecule has 0 radical (unpaired) electrons. The summed E-state index contributed by atoms with van der Waals surface area (Å²) >= 11 is 0. The van der Waals surface area contributed by atoms with Crippen LogP contribution < -0.4 is 0 Å². The van der Waals surface area contributed by atoms with Crippen molar-refractivity contribution in [3.63, 3.8) is 0 Å². The van der Waals surface area contributed by atoms with Crippen LogP contribution in [0.2, 0.25) is 0 Å². The average molecular weight is 346 g/mol. The molecule has 0 aromatic heterocycles. The summed E-state index contributed by atoms with van der Waals surface area (Å²) in [5.41, 5.74) is 0. The van der Waals surface area contributed by atoms with Crippen LogP contribution >= 0.6 is 0 Å². The largest absolute Gasteiger partial charge is 0.481 e. The standard InChI is InChI=1S/C16H28O4.C2H6O2/c1-3-5-8-12(4-2)11-20-16(19)14-10-7-6-9-13(14)15(17)18;3-1-2-4/h12-14H,3-11H2,1-2H3,(H,17,18);3-4H,1-2H2. The van der Waals surface area contributed by atoms with Crippen LogP contribution in [0.4, 0.5) is 0 Å². The molecule has 3 atom stereocenters. The molecule has 24 heavy (non-hydrogen) atoms. The topological polar surface area (TPSA) is 104 Å². The van der Waals surface area contributed by atoms with Gasteiger partial charge in [0.05, 0.1) is 31.7 Å². The second-order valence-electron chi connectivity index (χ2n) is 6.33. The highest BCUT2D eigenvalue weighted by atomic mass is 16.5. The summed E-state index contributed by atoms with van der Waals surface area (Å²) in [6.07, 6.45) is 7.45. The molecular weight excluding hydrogens is 312 g/mol. The van der Waals surface area contributed by atoms with E-state index < -0.39 is 17.8 Å². The van der Waals surface area contributed by atoms with Gasteiger partial charge in [-0.1, -0.05) is 46.0 Å². The summed E-state index contributed by atoms with van der Waals surface area (Å²) in [5.74, 6) is -1.74. The van der Waals surface area contributed by atoms with Crippen molar-refractivity contribution in [2.24, 2.45) is 17.8 Å². The Labute approximate surface area is 145 Å². The van der Waals surface area contributed by atoms with Gasteiger partial charge in [-0.15, -0.1) is 0 Å². The summed E-state index contributed by atoms with van der Waals surface area (Å²) in [7, 11) is 0. The van der Waals surface area contributed by atoms with E-state index in [1.165, 1.54) is 0 Å². The maximum absolute atomic E-state index is 12.1. The lowest BCUT2D eigenvalue weighted by atomic mass is 9.79. The zero-order valence-corrected chi connectivity index (χ0v) is 15.1. The van der Waals surface area contributed by atoms with Crippen molar-refractivity contribution in [2.45, 2.75) is 65.2 Å². The SMILES string of the molecule is CCCCC(CC)COC(=O)C1CCCCC1C(=O)O.OCCO. The van der Waals surface area contributed by atoms with Gasteiger partial charge in [0.25, 0.3) is 0 Å². The number of aliphatic hydroxyl groups is 2. The van der Waals surface area contributed by atoms with Crippen LogP contribution in [0.15, 0.2) is 0 Å². The molecule has 0 aliphatic heterocycles. The third kappa shape index (κ3) is 9.23. The van der Waals surface area contributed by atoms with Gasteiger partial charge in [-0.2, -0.15) is 0 Å². The van der Waals surface area contributed by atoms with Crippen LogP contribution in [-0.4, -0.2) is 47.1 Å². The average Bonchev–Trinajstić information content (AvgIpc) is 2.61. The van der Waals surface area contributed by atoms with Crippen molar-refractivity contribution < 1.29 is 29.6 Å². The molecule has 1 aliphatic carbocycles. The predicted octanol–water partition coefficient (Wildman–Crippen LogP) is 2.61. The Morgan fingerprint density at radius 2 is 1.67 bits per heavy atom. The quantitative estimate of drug-likeness (QED) is 0.554. The molecule has 0 bridgehead atoms. The number of carboxylic acid groups (broad SMARTS) is 1. The summed E-state index contributed by atoms with van der Waals surface area (Å²) in [6.45, 7) is 4.45. The Hall–Kier alpha value is -1.14. The Morgan fingerprint density at radius 3 is 2.12 bits per heavy atom. The van der Waals surface area contributed by atoms with Crippen molar-refractivity contribution in [2.75, 3.05) is 19.8 Å². The van der Waals surface area contributed by atoms with E-state index in [1.807, 2.05) is 0 Å². The van der Waals surface area contributed by atoms with E-state index >= 15 is 0 Å². The molecule has 0 aromatic rings. The van der Waals surface area contributed by atoms with Crippen molar-refractivity contribution in [1.29, 1.82) is 0 Å². The Balaban J connectivity index is 0.00000118. The number of hydrogen-bond acceptors (Lipinski definition) is 5. The molecule has 1 saturated carbocycles. The Kier molecular flexibility index (Phi) is 13.5. The minimum atomic E-state index is -0.857. The van der Waals surface area contributed by atoms with Crippen LogP contribution in [0.1, 0.15) is 65.2 Å². The van der Waals surface area contributed by atoms with Crippen molar-refractivity contribution in [1.82, 2.24) is 0 Å². The number of carboxylic acids is 1. The fourth-order valence-electron chi connectivity index (χ4n) is 2.91. The van der Waals surface area contributed by atoms with Gasteiger partial charge in [0.15, 0.2) is 0 Å². The lowest BCUT2D eigenvalue weighted by molar-refractivity contribution is -0.160. The molecule has 3 unspecified atom stereocenters. The molecule has 0 spiro atoms. The van der Waals surface area contributed by atoms with Gasteiger partial charge in [0, 0.05) is 0 Å². The van der Waals surface area contributed by atoms with Crippen molar-refractivity contribution in [3.05, 3.63) is 0 Å². The van der Waals surface area contributed by atoms with Gasteiger partial charge in [-0.3, -0.25) is 9.59 Å². The van der Waals surface area contributed by atoms with Crippen LogP contribution in [-0.2, 0) is 14.3 Å². The second-order valence-corrected chi connectivity index (χ2v) is 6.33. The number of aliphatic hydroxyl groups excluding tert-OH is 2. The number of hydrogen-bond donors (Lipinski definition) is 3. The summed E-state index contributed by atoms with van der Waals surface area (Å²) in [5, 5.41) is 24.4. The smallest absolute Gasteiger partial charge is 0.309 e. The summed E-state index contributed by atoms with van der Waals surface area (Å²) < 4.78 is 5.41. The van der Waals surface area contributed by atoms with E-state index in [0.29, 0.717) is 25.4 Å². The molecule has 0 aromatic carbocycles. The number of rotatable bonds is 9. The van der Waals surface area contributed by atoms with Crippen LogP contribution in [0.3, 0.4) is 0 Å². The number of carbonyl (C=O) groups excluding carboxylic acids is 1. The zero-order valence-electron chi connectivity index (χ0n) is 15.1. The van der Waals surface area contributed by atoms with Crippen LogP contribution in [0.5, 0.6) is 0 Å². The number of aliphatic carboxylic acids is 1. The first-order chi connectivity index (χ1) is 11.5. The lowest BCUT2D eigenvalue weighted by Gasteiger charge is -2.27. The first kappa shape index (κ1) is 22.9. The number of unbranched alkanes of at least 4 members (excludes halogenated alkanes) is 1. The molecule has 142 valence electrons. The van der Waals surface area contributed by atoms with Gasteiger partial charge in [-0.25, -0.2) is 0 Å². The fraction of sp³-hybridized carbons (Fsp3) is 0.889. The van der Waals surface area contributed by atoms with Crippen LogP contribution in [0.25, 0.3) is 0 Å². The minimum Gasteiger partial charge on any atom is -0.481 e. The Bertz CT molecular complexity index is 342. The number of carbonyl (C=O) groups is 2. The molecule has 0 heterocycles. The molecule has 6 heteroatoms. The Morgan fingerprint density at radius 1 is 1.08 bits per heavy atom. The molecule has 0 saturated heterocycles. The minimum absolute atomic E-state index is 0.125.